The van der Waals surface area contributed by atoms with Crippen LogP contribution < -0.4 is 4.72 Å². The van der Waals surface area contributed by atoms with E-state index >= 15 is 0 Å². The van der Waals surface area contributed by atoms with Crippen LogP contribution in [-0.2, 0) is 14.8 Å². The molecule has 0 aromatic rings. The molecule has 1 unspecified atom stereocenters. The van der Waals surface area contributed by atoms with Crippen LogP contribution in [0, 0.1) is 0 Å². The van der Waals surface area contributed by atoms with Crippen molar-refractivity contribution in [2.24, 2.45) is 0 Å². The summed E-state index contributed by atoms with van der Waals surface area (Å²) in [5.41, 5.74) is 0. The Labute approximate surface area is 111 Å². The maximum atomic E-state index is 11.3. The molecule has 1 fully saturated rings. The SMILES string of the molecule is CCS(=O)(=O)NC(=O)CCCCC1CCSS1. The minimum absolute atomic E-state index is 0.0469. The van der Waals surface area contributed by atoms with E-state index in [9.17, 15) is 13.2 Å². The van der Waals surface area contributed by atoms with Crippen LogP contribution in [0.3, 0.4) is 0 Å². The van der Waals surface area contributed by atoms with Crippen LogP contribution in [0.2, 0.25) is 0 Å². The standard InChI is InChI=1S/C10H19NO3S3/c1-2-17(13,14)11-10(12)6-4-3-5-9-7-8-15-16-9/h9H,2-8H2,1H3,(H,11,12). The van der Waals surface area contributed by atoms with E-state index in [0.717, 1.165) is 24.5 Å². The molecule has 0 aromatic carbocycles. The Hall–Kier alpha value is 0.120. The van der Waals surface area contributed by atoms with Gasteiger partial charge in [-0.1, -0.05) is 28.0 Å². The molecular weight excluding hydrogens is 278 g/mol. The molecule has 17 heavy (non-hydrogen) atoms. The van der Waals surface area contributed by atoms with E-state index in [4.69, 9.17) is 0 Å². The second kappa shape index (κ2) is 7.53. The van der Waals surface area contributed by atoms with Gasteiger partial charge in [0, 0.05) is 17.4 Å². The summed E-state index contributed by atoms with van der Waals surface area (Å²) in [6.07, 6.45) is 4.46. The van der Waals surface area contributed by atoms with E-state index < -0.39 is 10.0 Å². The molecule has 7 heteroatoms. The van der Waals surface area contributed by atoms with E-state index in [2.05, 4.69) is 4.72 Å². The van der Waals surface area contributed by atoms with Crippen molar-refractivity contribution in [3.05, 3.63) is 0 Å². The molecule has 1 heterocycles. The van der Waals surface area contributed by atoms with Crippen LogP contribution >= 0.6 is 21.6 Å². The number of hydrogen-bond donors (Lipinski definition) is 1. The lowest BCUT2D eigenvalue weighted by atomic mass is 10.1. The molecule has 1 rings (SSSR count). The summed E-state index contributed by atoms with van der Waals surface area (Å²) in [6, 6.07) is 0. The third-order valence-electron chi connectivity index (χ3n) is 2.56. The Bertz CT molecular complexity index is 337. The highest BCUT2D eigenvalue weighted by molar-refractivity contribution is 8.77. The van der Waals surface area contributed by atoms with E-state index in [1.165, 1.54) is 19.1 Å². The van der Waals surface area contributed by atoms with Gasteiger partial charge < -0.3 is 0 Å². The van der Waals surface area contributed by atoms with Crippen molar-refractivity contribution in [2.75, 3.05) is 11.5 Å². The van der Waals surface area contributed by atoms with Crippen molar-refractivity contribution < 1.29 is 13.2 Å². The largest absolute Gasteiger partial charge is 0.274 e. The number of sulfonamides is 1. The zero-order chi connectivity index (χ0) is 12.7. The zero-order valence-electron chi connectivity index (χ0n) is 9.98. The molecule has 1 aliphatic heterocycles. The number of unbranched alkanes of at least 4 members (excludes halogenated alkanes) is 1. The quantitative estimate of drug-likeness (QED) is 0.576. The van der Waals surface area contributed by atoms with Crippen molar-refractivity contribution in [3.8, 4) is 0 Å². The third kappa shape index (κ3) is 6.57. The van der Waals surface area contributed by atoms with Gasteiger partial charge in [0.25, 0.3) is 0 Å². The molecule has 0 saturated carbocycles. The molecule has 0 aliphatic carbocycles. The number of amides is 1. The molecule has 1 N–H and O–H groups in total. The van der Waals surface area contributed by atoms with Gasteiger partial charge in [0.2, 0.25) is 15.9 Å². The summed E-state index contributed by atoms with van der Waals surface area (Å²) >= 11 is 0. The van der Waals surface area contributed by atoms with Crippen LogP contribution in [0.5, 0.6) is 0 Å². The number of nitrogens with one attached hydrogen (secondary N) is 1. The van der Waals surface area contributed by atoms with Gasteiger partial charge in [-0.05, 0) is 26.2 Å². The van der Waals surface area contributed by atoms with Crippen molar-refractivity contribution >= 4 is 37.5 Å². The van der Waals surface area contributed by atoms with Gasteiger partial charge in [0.15, 0.2) is 0 Å². The molecule has 1 saturated heterocycles. The predicted octanol–water partition coefficient (Wildman–Crippen LogP) is 2.17. The second-order valence-electron chi connectivity index (χ2n) is 4.00. The molecule has 0 radical (unpaired) electrons. The van der Waals surface area contributed by atoms with Gasteiger partial charge in [0.05, 0.1) is 5.75 Å². The lowest BCUT2D eigenvalue weighted by Crippen LogP contribution is -2.31. The van der Waals surface area contributed by atoms with E-state index in [0.29, 0.717) is 6.42 Å². The molecule has 1 aliphatic rings. The third-order valence-corrected chi connectivity index (χ3v) is 6.86. The average Bonchev–Trinajstić information content (AvgIpc) is 2.77. The highest BCUT2D eigenvalue weighted by atomic mass is 33.1. The topological polar surface area (TPSA) is 63.2 Å². The van der Waals surface area contributed by atoms with Crippen molar-refractivity contribution in [1.29, 1.82) is 0 Å². The average molecular weight is 297 g/mol. The highest BCUT2D eigenvalue weighted by Gasteiger charge is 2.16. The number of rotatable bonds is 7. The van der Waals surface area contributed by atoms with Gasteiger partial charge in [-0.2, -0.15) is 0 Å². The van der Waals surface area contributed by atoms with Crippen molar-refractivity contribution in [1.82, 2.24) is 4.72 Å². The van der Waals surface area contributed by atoms with Crippen LogP contribution in [-0.4, -0.2) is 31.1 Å². The minimum atomic E-state index is -3.38. The van der Waals surface area contributed by atoms with Gasteiger partial charge in [-0.3, -0.25) is 9.52 Å². The molecule has 4 nitrogen and oxygen atoms in total. The highest BCUT2D eigenvalue weighted by Crippen LogP contribution is 2.39. The first-order valence-corrected chi connectivity index (χ1v) is 9.88. The summed E-state index contributed by atoms with van der Waals surface area (Å²) in [6.45, 7) is 1.52. The van der Waals surface area contributed by atoms with Gasteiger partial charge in [0.1, 0.15) is 0 Å². The Balaban J connectivity index is 2.07. The predicted molar refractivity (Wildman–Crippen MR) is 74.5 cm³/mol. The molecule has 0 spiro atoms. The molecule has 1 atom stereocenters. The molecule has 100 valence electrons. The Kier molecular flexibility index (Phi) is 6.72. The lowest BCUT2D eigenvalue weighted by Gasteiger charge is -2.07. The fourth-order valence-corrected chi connectivity index (χ4v) is 5.14. The fourth-order valence-electron chi connectivity index (χ4n) is 1.52. The van der Waals surface area contributed by atoms with Crippen LogP contribution in [0.15, 0.2) is 0 Å². The van der Waals surface area contributed by atoms with E-state index in [1.807, 2.05) is 21.6 Å². The number of carbonyl (C=O) groups excluding carboxylic acids is 1. The molecule has 0 bridgehead atoms. The first-order chi connectivity index (χ1) is 8.03. The van der Waals surface area contributed by atoms with E-state index in [-0.39, 0.29) is 11.7 Å². The monoisotopic (exact) mass is 297 g/mol. The van der Waals surface area contributed by atoms with Gasteiger partial charge in [-0.25, -0.2) is 8.42 Å². The fraction of sp³-hybridized carbons (Fsp3) is 0.900. The Morgan fingerprint density at radius 2 is 2.18 bits per heavy atom. The summed E-state index contributed by atoms with van der Waals surface area (Å²) in [5.74, 6) is 0.805. The first-order valence-electron chi connectivity index (χ1n) is 5.85. The second-order valence-corrected chi connectivity index (χ2v) is 8.80. The smallest absolute Gasteiger partial charge is 0.234 e. The van der Waals surface area contributed by atoms with Crippen LogP contribution in [0.1, 0.15) is 39.0 Å². The zero-order valence-corrected chi connectivity index (χ0v) is 12.4. The van der Waals surface area contributed by atoms with Crippen molar-refractivity contribution in [2.45, 2.75) is 44.3 Å². The normalized spacial score (nSPS) is 20.4. The summed E-state index contributed by atoms with van der Waals surface area (Å²) < 4.78 is 24.3. The summed E-state index contributed by atoms with van der Waals surface area (Å²) in [4.78, 5) is 11.3. The Morgan fingerprint density at radius 3 is 2.76 bits per heavy atom. The van der Waals surface area contributed by atoms with Crippen molar-refractivity contribution in [3.63, 3.8) is 0 Å². The minimum Gasteiger partial charge on any atom is -0.274 e. The van der Waals surface area contributed by atoms with Gasteiger partial charge in [-0.15, -0.1) is 0 Å². The first kappa shape index (κ1) is 15.2. The van der Waals surface area contributed by atoms with Crippen LogP contribution in [0.4, 0.5) is 0 Å². The van der Waals surface area contributed by atoms with Gasteiger partial charge >= 0.3 is 0 Å². The van der Waals surface area contributed by atoms with E-state index in [1.54, 1.807) is 0 Å². The molecule has 1 amide bonds. The lowest BCUT2D eigenvalue weighted by molar-refractivity contribution is -0.119. The number of carbonyl (C=O) groups is 1. The molecular formula is C10H19NO3S3. The molecule has 0 aromatic heterocycles. The van der Waals surface area contributed by atoms with Crippen LogP contribution in [0.25, 0.3) is 0 Å². The number of hydrogen-bond acceptors (Lipinski definition) is 5. The Morgan fingerprint density at radius 1 is 1.41 bits per heavy atom. The summed E-state index contributed by atoms with van der Waals surface area (Å²) in [7, 11) is 0.472. The summed E-state index contributed by atoms with van der Waals surface area (Å²) in [5, 5.41) is 0.724. The maximum absolute atomic E-state index is 11.3. The maximum Gasteiger partial charge on any atom is 0.234 e.